The largest absolute Gasteiger partial charge is 0.492 e. The Labute approximate surface area is 148 Å². The number of hydrogen-bond acceptors (Lipinski definition) is 6. The van der Waals surface area contributed by atoms with Crippen molar-refractivity contribution in [1.82, 2.24) is 9.30 Å². The summed E-state index contributed by atoms with van der Waals surface area (Å²) in [6.07, 6.45) is 1.41. The van der Waals surface area contributed by atoms with Crippen LogP contribution in [0.15, 0.2) is 65.6 Å². The van der Waals surface area contributed by atoms with Crippen LogP contribution in [0.25, 0.3) is 0 Å². The van der Waals surface area contributed by atoms with Crippen LogP contribution >= 0.6 is 0 Å². The molecular weight excluding hydrogens is 340 g/mol. The molecule has 0 spiro atoms. The van der Waals surface area contributed by atoms with Crippen molar-refractivity contribution in [3.05, 3.63) is 76.7 Å². The monoisotopic (exact) mass is 356 g/mol. The molecular formula is C18H16N2O6. The van der Waals surface area contributed by atoms with E-state index in [1.807, 2.05) is 30.3 Å². The number of aromatic hydroxyl groups is 2. The Morgan fingerprint density at radius 1 is 0.962 bits per heavy atom. The van der Waals surface area contributed by atoms with Crippen molar-refractivity contribution in [3.63, 3.8) is 0 Å². The van der Waals surface area contributed by atoms with Gasteiger partial charge < -0.3 is 24.4 Å². The minimum atomic E-state index is -0.853. The number of pyridine rings is 1. The van der Waals surface area contributed by atoms with Crippen molar-refractivity contribution in [1.29, 1.82) is 0 Å². The molecule has 134 valence electrons. The van der Waals surface area contributed by atoms with Gasteiger partial charge in [0.1, 0.15) is 13.2 Å². The third-order valence-electron chi connectivity index (χ3n) is 3.51. The summed E-state index contributed by atoms with van der Waals surface area (Å²) in [5.74, 6) is -1.64. The van der Waals surface area contributed by atoms with E-state index in [2.05, 4.69) is 0 Å². The number of aromatic nitrogens is 2. The smallest absolute Gasteiger partial charge is 0.352 e. The first-order valence-corrected chi connectivity index (χ1v) is 7.71. The van der Waals surface area contributed by atoms with Crippen molar-refractivity contribution in [3.8, 4) is 17.5 Å². The minimum absolute atomic E-state index is 0.0933. The van der Waals surface area contributed by atoms with Crippen LogP contribution in [-0.2, 0) is 17.9 Å². The maximum absolute atomic E-state index is 12.4. The Bertz CT molecular complexity index is 942. The minimum Gasteiger partial charge on any atom is -0.492 e. The van der Waals surface area contributed by atoms with E-state index in [9.17, 15) is 19.8 Å². The van der Waals surface area contributed by atoms with Gasteiger partial charge in [-0.2, -0.15) is 0 Å². The molecule has 2 N–H and O–H groups in total. The molecule has 0 aliphatic heterocycles. The number of benzene rings is 1. The van der Waals surface area contributed by atoms with E-state index in [4.69, 9.17) is 9.57 Å². The van der Waals surface area contributed by atoms with E-state index < -0.39 is 29.8 Å². The predicted octanol–water partition coefficient (Wildman–Crippen LogP) is 1.30. The van der Waals surface area contributed by atoms with Crippen LogP contribution in [0.3, 0.4) is 0 Å². The van der Waals surface area contributed by atoms with Crippen LogP contribution in [0.5, 0.6) is 17.5 Å². The molecule has 0 aliphatic rings. The van der Waals surface area contributed by atoms with Crippen LogP contribution < -0.4 is 15.1 Å². The summed E-state index contributed by atoms with van der Waals surface area (Å²) in [4.78, 5) is 29.2. The molecule has 2 aromatic heterocycles. The molecule has 0 aliphatic carbocycles. The van der Waals surface area contributed by atoms with Crippen LogP contribution in [0.4, 0.5) is 0 Å². The summed E-state index contributed by atoms with van der Waals surface area (Å²) in [7, 11) is 0. The van der Waals surface area contributed by atoms with Crippen LogP contribution in [0.2, 0.25) is 0 Å². The van der Waals surface area contributed by atoms with Crippen LogP contribution in [-0.4, -0.2) is 25.5 Å². The Morgan fingerprint density at radius 2 is 1.65 bits per heavy atom. The molecule has 0 amide bonds. The van der Waals surface area contributed by atoms with Gasteiger partial charge in [-0.15, -0.1) is 4.73 Å². The molecule has 0 saturated heterocycles. The van der Waals surface area contributed by atoms with Gasteiger partial charge in [0.25, 0.3) is 5.56 Å². The molecule has 0 bridgehead atoms. The number of hydrogen-bond donors (Lipinski definition) is 2. The van der Waals surface area contributed by atoms with Gasteiger partial charge in [0.05, 0.1) is 0 Å². The first-order valence-electron chi connectivity index (χ1n) is 7.71. The fourth-order valence-electron chi connectivity index (χ4n) is 2.25. The highest BCUT2D eigenvalue weighted by molar-refractivity contribution is 5.69. The molecule has 8 nitrogen and oxygen atoms in total. The third kappa shape index (κ3) is 3.86. The molecule has 3 rings (SSSR count). The number of nitrogens with zero attached hydrogens (tertiary/aromatic N) is 2. The highest BCUT2D eigenvalue weighted by Gasteiger charge is 2.14. The second-order valence-electron chi connectivity index (χ2n) is 5.39. The van der Waals surface area contributed by atoms with E-state index in [1.165, 1.54) is 12.3 Å². The number of carbonyl (C=O) groups is 1. The molecule has 26 heavy (non-hydrogen) atoms. The molecule has 2 heterocycles. The Balaban J connectivity index is 1.69. The van der Waals surface area contributed by atoms with E-state index in [1.54, 1.807) is 6.07 Å². The lowest BCUT2D eigenvalue weighted by Crippen LogP contribution is -2.29. The fourth-order valence-corrected chi connectivity index (χ4v) is 2.25. The number of carbonyl (C=O) groups excluding carboxylic acids is 1. The highest BCUT2D eigenvalue weighted by atomic mass is 16.7. The van der Waals surface area contributed by atoms with Gasteiger partial charge in [-0.25, -0.2) is 4.79 Å². The molecule has 0 atom stereocenters. The Hall–Kier alpha value is -3.68. The second-order valence-corrected chi connectivity index (χ2v) is 5.39. The third-order valence-corrected chi connectivity index (χ3v) is 3.51. The zero-order valence-electron chi connectivity index (χ0n) is 13.6. The molecule has 1 aromatic carbocycles. The SMILES string of the molecule is O=C(Cn1cccc(OCc2ccccc2)c1=O)On1c(O)ccc1O. The van der Waals surface area contributed by atoms with Crippen LogP contribution in [0.1, 0.15) is 5.56 Å². The van der Waals surface area contributed by atoms with Crippen molar-refractivity contribution in [2.75, 3.05) is 0 Å². The van der Waals surface area contributed by atoms with E-state index in [0.29, 0.717) is 4.73 Å². The lowest BCUT2D eigenvalue weighted by atomic mass is 10.2. The quantitative estimate of drug-likeness (QED) is 0.690. The molecule has 0 fully saturated rings. The molecule has 0 radical (unpaired) electrons. The second kappa shape index (κ2) is 7.47. The summed E-state index contributed by atoms with van der Waals surface area (Å²) in [5, 5.41) is 18.9. The summed E-state index contributed by atoms with van der Waals surface area (Å²) in [5.41, 5.74) is 0.404. The first kappa shape index (κ1) is 17.2. The molecule has 3 aromatic rings. The van der Waals surface area contributed by atoms with Crippen molar-refractivity contribution in [2.24, 2.45) is 0 Å². The average Bonchev–Trinajstić information content (AvgIpc) is 2.95. The van der Waals surface area contributed by atoms with Crippen molar-refractivity contribution in [2.45, 2.75) is 13.2 Å². The zero-order valence-corrected chi connectivity index (χ0v) is 13.6. The van der Waals surface area contributed by atoms with Gasteiger partial charge in [0.2, 0.25) is 11.8 Å². The molecule has 0 saturated carbocycles. The van der Waals surface area contributed by atoms with Gasteiger partial charge in [-0.05, 0) is 17.7 Å². The maximum atomic E-state index is 12.4. The van der Waals surface area contributed by atoms with Gasteiger partial charge in [0.15, 0.2) is 5.75 Å². The number of rotatable bonds is 6. The van der Waals surface area contributed by atoms with Gasteiger partial charge in [-0.3, -0.25) is 4.79 Å². The van der Waals surface area contributed by atoms with Crippen molar-refractivity contribution < 1.29 is 24.6 Å². The topological polar surface area (TPSA) is 103 Å². The zero-order chi connectivity index (χ0) is 18.5. The average molecular weight is 356 g/mol. The Kier molecular flexibility index (Phi) is 4.93. The van der Waals surface area contributed by atoms with Gasteiger partial charge in [-0.1, -0.05) is 30.3 Å². The van der Waals surface area contributed by atoms with Crippen molar-refractivity contribution >= 4 is 5.97 Å². The summed E-state index contributed by atoms with van der Waals surface area (Å²) < 4.78 is 7.19. The Morgan fingerprint density at radius 3 is 2.35 bits per heavy atom. The first-order chi connectivity index (χ1) is 12.5. The van der Waals surface area contributed by atoms with Gasteiger partial charge in [0, 0.05) is 18.3 Å². The standard InChI is InChI=1S/C18H16N2O6/c21-15-8-9-16(22)20(15)26-17(23)11-19-10-4-7-14(18(19)24)25-12-13-5-2-1-3-6-13/h1-10,21-22H,11-12H2. The van der Waals surface area contributed by atoms with E-state index in [-0.39, 0.29) is 12.4 Å². The summed E-state index contributed by atoms with van der Waals surface area (Å²) >= 11 is 0. The lowest BCUT2D eigenvalue weighted by Gasteiger charge is -2.10. The maximum Gasteiger partial charge on any atom is 0.352 e. The number of ether oxygens (including phenoxy) is 1. The molecule has 0 unspecified atom stereocenters. The fraction of sp³-hybridized carbons (Fsp3) is 0.111. The van der Waals surface area contributed by atoms with E-state index in [0.717, 1.165) is 22.3 Å². The van der Waals surface area contributed by atoms with Crippen LogP contribution in [0, 0.1) is 0 Å². The normalized spacial score (nSPS) is 10.5. The summed E-state index contributed by atoms with van der Waals surface area (Å²) in [6.45, 7) is -0.200. The molecule has 8 heteroatoms. The highest BCUT2D eigenvalue weighted by Crippen LogP contribution is 2.18. The predicted molar refractivity (Wildman–Crippen MR) is 90.8 cm³/mol. The lowest BCUT2D eigenvalue weighted by molar-refractivity contribution is -0.146. The van der Waals surface area contributed by atoms with Gasteiger partial charge >= 0.3 is 5.97 Å². The summed E-state index contributed by atoms with van der Waals surface area (Å²) in [6, 6.07) is 14.7. The van der Waals surface area contributed by atoms with E-state index >= 15 is 0 Å².